The molecule has 2 rings (SSSR count). The van der Waals surface area contributed by atoms with Crippen molar-refractivity contribution in [2.24, 2.45) is 5.73 Å². The number of benzene rings is 1. The van der Waals surface area contributed by atoms with Crippen LogP contribution in [0.3, 0.4) is 0 Å². The third kappa shape index (κ3) is 3.36. The third-order valence-electron chi connectivity index (χ3n) is 3.22. The number of phenols is 1. The Kier molecular flexibility index (Phi) is 4.24. The average molecular weight is 259 g/mol. The van der Waals surface area contributed by atoms with Crippen LogP contribution in [0, 0.1) is 0 Å². The van der Waals surface area contributed by atoms with Crippen LogP contribution in [0.5, 0.6) is 5.75 Å². The zero-order chi connectivity index (χ0) is 13.8. The quantitative estimate of drug-likeness (QED) is 0.861. The molecule has 3 N–H and O–H groups in total. The molecule has 0 saturated heterocycles. The summed E-state index contributed by atoms with van der Waals surface area (Å²) in [6, 6.07) is 11.0. The van der Waals surface area contributed by atoms with E-state index < -0.39 is 0 Å². The van der Waals surface area contributed by atoms with Crippen molar-refractivity contribution in [3.8, 4) is 5.75 Å². The molecule has 0 saturated carbocycles. The Balaban J connectivity index is 2.17. The van der Waals surface area contributed by atoms with Gasteiger partial charge in [-0.15, -0.1) is 0 Å². The summed E-state index contributed by atoms with van der Waals surface area (Å²) in [6.07, 6.45) is 2.05. The highest BCUT2D eigenvalue weighted by Gasteiger charge is 2.12. The molecule has 1 heterocycles. The molecule has 0 aliphatic carbocycles. The molecule has 4 heteroatoms. The average Bonchev–Trinajstić information content (AvgIpc) is 2.84. The van der Waals surface area contributed by atoms with Crippen molar-refractivity contribution in [1.29, 1.82) is 0 Å². The molecule has 0 aliphatic heterocycles. The smallest absolute Gasteiger partial charge is 0.115 e. The van der Waals surface area contributed by atoms with Crippen LogP contribution in [0.2, 0.25) is 0 Å². The first-order valence-corrected chi connectivity index (χ1v) is 6.42. The zero-order valence-electron chi connectivity index (χ0n) is 11.5. The van der Waals surface area contributed by atoms with E-state index in [9.17, 15) is 5.11 Å². The number of likely N-dealkylation sites (N-methyl/N-ethyl adjacent to an activating group) is 1. The Morgan fingerprint density at radius 2 is 1.89 bits per heavy atom. The molecule has 1 aromatic heterocycles. The summed E-state index contributed by atoms with van der Waals surface area (Å²) in [5.41, 5.74) is 8.39. The number of nitrogens with zero attached hydrogens (tertiary/aromatic N) is 2. The van der Waals surface area contributed by atoms with Gasteiger partial charge >= 0.3 is 0 Å². The van der Waals surface area contributed by atoms with Crippen molar-refractivity contribution in [3.05, 3.63) is 53.9 Å². The van der Waals surface area contributed by atoms with Crippen LogP contribution in [0.4, 0.5) is 0 Å². The molecular weight excluding hydrogens is 238 g/mol. The maximum absolute atomic E-state index is 9.32. The van der Waals surface area contributed by atoms with Gasteiger partial charge in [-0.2, -0.15) is 0 Å². The molecule has 102 valence electrons. The number of hydrogen-bond acceptors (Lipinski definition) is 3. The predicted molar refractivity (Wildman–Crippen MR) is 77.1 cm³/mol. The molecule has 1 aromatic carbocycles. The Morgan fingerprint density at radius 1 is 1.21 bits per heavy atom. The van der Waals surface area contributed by atoms with Crippen molar-refractivity contribution in [3.63, 3.8) is 0 Å². The van der Waals surface area contributed by atoms with Crippen LogP contribution < -0.4 is 5.73 Å². The topological polar surface area (TPSA) is 54.4 Å². The monoisotopic (exact) mass is 259 g/mol. The minimum absolute atomic E-state index is 0.169. The summed E-state index contributed by atoms with van der Waals surface area (Å²) in [5, 5.41) is 9.32. The second-order valence-electron chi connectivity index (χ2n) is 5.00. The summed E-state index contributed by atoms with van der Waals surface area (Å²) < 4.78 is 2.18. The highest BCUT2D eigenvalue weighted by atomic mass is 16.3. The maximum atomic E-state index is 9.32. The predicted octanol–water partition coefficient (Wildman–Crippen LogP) is 1.80. The lowest BCUT2D eigenvalue weighted by Gasteiger charge is -2.18. The molecular formula is C15H21N3O. The third-order valence-corrected chi connectivity index (χ3v) is 3.22. The summed E-state index contributed by atoms with van der Waals surface area (Å²) in [5.74, 6) is 0.263. The molecule has 0 bridgehead atoms. The summed E-state index contributed by atoms with van der Waals surface area (Å²) in [6.45, 7) is 1.89. The molecule has 1 atom stereocenters. The van der Waals surface area contributed by atoms with Gasteiger partial charge in [-0.1, -0.05) is 12.1 Å². The summed E-state index contributed by atoms with van der Waals surface area (Å²) in [4.78, 5) is 2.15. The lowest BCUT2D eigenvalue weighted by Crippen LogP contribution is -2.22. The number of aromatic hydroxyl groups is 1. The Hall–Kier alpha value is -1.78. The first kappa shape index (κ1) is 13.6. The first-order chi connectivity index (χ1) is 9.08. The van der Waals surface area contributed by atoms with Gasteiger partial charge in [0.15, 0.2) is 0 Å². The van der Waals surface area contributed by atoms with E-state index in [2.05, 4.69) is 29.8 Å². The molecule has 0 amide bonds. The fraction of sp³-hybridized carbons (Fsp3) is 0.333. The SMILES string of the molecule is CN(C)CCn1cccc1C(N)c1ccc(O)cc1. The number of hydrogen-bond donors (Lipinski definition) is 2. The molecule has 0 fully saturated rings. The van der Waals surface area contributed by atoms with E-state index in [1.54, 1.807) is 12.1 Å². The van der Waals surface area contributed by atoms with Gasteiger partial charge < -0.3 is 20.3 Å². The lowest BCUT2D eigenvalue weighted by molar-refractivity contribution is 0.380. The van der Waals surface area contributed by atoms with E-state index in [1.165, 1.54) is 0 Å². The Morgan fingerprint density at radius 3 is 2.53 bits per heavy atom. The van der Waals surface area contributed by atoms with Gasteiger partial charge in [0.05, 0.1) is 6.04 Å². The number of aromatic nitrogens is 1. The first-order valence-electron chi connectivity index (χ1n) is 6.42. The fourth-order valence-electron chi connectivity index (χ4n) is 2.07. The minimum Gasteiger partial charge on any atom is -0.508 e. The van der Waals surface area contributed by atoms with Crippen molar-refractivity contribution in [2.45, 2.75) is 12.6 Å². The van der Waals surface area contributed by atoms with E-state index in [0.717, 1.165) is 24.3 Å². The van der Waals surface area contributed by atoms with Gasteiger partial charge in [0.1, 0.15) is 5.75 Å². The van der Waals surface area contributed by atoms with Gasteiger partial charge in [0.25, 0.3) is 0 Å². The lowest BCUT2D eigenvalue weighted by atomic mass is 10.0. The van der Waals surface area contributed by atoms with Crippen LogP contribution in [0.1, 0.15) is 17.3 Å². The number of rotatable bonds is 5. The Labute approximate surface area is 114 Å². The highest BCUT2D eigenvalue weighted by molar-refractivity contribution is 5.32. The van der Waals surface area contributed by atoms with Crippen molar-refractivity contribution in [1.82, 2.24) is 9.47 Å². The maximum Gasteiger partial charge on any atom is 0.115 e. The van der Waals surface area contributed by atoms with Crippen molar-refractivity contribution in [2.75, 3.05) is 20.6 Å². The van der Waals surface area contributed by atoms with Gasteiger partial charge in [-0.25, -0.2) is 0 Å². The van der Waals surface area contributed by atoms with Crippen LogP contribution in [0.15, 0.2) is 42.6 Å². The van der Waals surface area contributed by atoms with Crippen LogP contribution in [0.25, 0.3) is 0 Å². The second kappa shape index (κ2) is 5.91. The van der Waals surface area contributed by atoms with E-state index in [0.29, 0.717) is 0 Å². The van der Waals surface area contributed by atoms with Gasteiger partial charge in [0, 0.05) is 25.0 Å². The van der Waals surface area contributed by atoms with Gasteiger partial charge in [-0.05, 0) is 43.9 Å². The second-order valence-corrected chi connectivity index (χ2v) is 5.00. The molecule has 0 radical (unpaired) electrons. The van der Waals surface area contributed by atoms with E-state index in [1.807, 2.05) is 24.3 Å². The van der Waals surface area contributed by atoms with Crippen LogP contribution in [-0.4, -0.2) is 35.2 Å². The standard InChI is InChI=1S/C15H21N3O/c1-17(2)10-11-18-9-3-4-14(18)15(16)12-5-7-13(19)8-6-12/h3-9,15,19H,10-11,16H2,1-2H3. The normalized spacial score (nSPS) is 12.8. The Bertz CT molecular complexity index is 516. The fourth-order valence-corrected chi connectivity index (χ4v) is 2.07. The minimum atomic E-state index is -0.169. The largest absolute Gasteiger partial charge is 0.508 e. The van der Waals surface area contributed by atoms with Gasteiger partial charge in [0.2, 0.25) is 0 Å². The van der Waals surface area contributed by atoms with E-state index in [4.69, 9.17) is 5.73 Å². The number of phenolic OH excluding ortho intramolecular Hbond substituents is 1. The van der Waals surface area contributed by atoms with Crippen molar-refractivity contribution >= 4 is 0 Å². The van der Waals surface area contributed by atoms with Crippen LogP contribution in [-0.2, 0) is 6.54 Å². The van der Waals surface area contributed by atoms with E-state index in [-0.39, 0.29) is 11.8 Å². The molecule has 1 unspecified atom stereocenters. The molecule has 0 spiro atoms. The zero-order valence-corrected chi connectivity index (χ0v) is 11.5. The van der Waals surface area contributed by atoms with E-state index >= 15 is 0 Å². The molecule has 4 nitrogen and oxygen atoms in total. The van der Waals surface area contributed by atoms with Crippen molar-refractivity contribution < 1.29 is 5.11 Å². The molecule has 0 aliphatic rings. The summed E-state index contributed by atoms with van der Waals surface area (Å²) >= 11 is 0. The van der Waals surface area contributed by atoms with Crippen LogP contribution >= 0.6 is 0 Å². The summed E-state index contributed by atoms with van der Waals surface area (Å²) in [7, 11) is 4.12. The number of nitrogens with two attached hydrogens (primary N) is 1. The molecule has 2 aromatic rings. The molecule has 19 heavy (non-hydrogen) atoms. The van der Waals surface area contributed by atoms with Gasteiger partial charge in [-0.3, -0.25) is 0 Å². The highest BCUT2D eigenvalue weighted by Crippen LogP contribution is 2.22.